The average Bonchev–Trinajstić information content (AvgIpc) is 3.22. The van der Waals surface area contributed by atoms with Crippen LogP contribution in [0.2, 0.25) is 0 Å². The zero-order chi connectivity index (χ0) is 20.5. The lowest BCUT2D eigenvalue weighted by Gasteiger charge is -2.38. The van der Waals surface area contributed by atoms with Crippen LogP contribution in [0.5, 0.6) is 0 Å². The lowest BCUT2D eigenvalue weighted by atomic mass is 10.0. The maximum absolute atomic E-state index is 10.9. The van der Waals surface area contributed by atoms with E-state index in [0.29, 0.717) is 5.95 Å². The van der Waals surface area contributed by atoms with E-state index in [2.05, 4.69) is 20.4 Å². The standard InChI is InChI=1S/C20H24N8O2/c1-12-7-16-22-11-23-27(16)10-14(12)24-18-21-9-15-17(25-18)28(19(29)26(15)2)13-3-6-30-20(8-13)4-5-20/h7,9-11,13,19,29H,3-6,8H2,1-2H3,(H,21,24,25)/t13-,19?/m1/s1. The molecule has 6 rings (SSSR count). The lowest BCUT2D eigenvalue weighted by Crippen LogP contribution is -2.50. The molecule has 2 fully saturated rings. The van der Waals surface area contributed by atoms with Crippen LogP contribution < -0.4 is 15.1 Å². The molecule has 5 heterocycles. The van der Waals surface area contributed by atoms with Crippen LogP contribution in [0.15, 0.2) is 24.8 Å². The summed E-state index contributed by atoms with van der Waals surface area (Å²) >= 11 is 0. The Labute approximate surface area is 173 Å². The van der Waals surface area contributed by atoms with Crippen LogP contribution in [0.1, 0.15) is 31.2 Å². The first kappa shape index (κ1) is 17.8. The number of anilines is 4. The summed E-state index contributed by atoms with van der Waals surface area (Å²) in [6.45, 7) is 2.73. The Morgan fingerprint density at radius 1 is 1.30 bits per heavy atom. The van der Waals surface area contributed by atoms with Gasteiger partial charge in [-0.25, -0.2) is 14.5 Å². The number of pyridine rings is 1. The SMILES string of the molecule is Cc1cc2ncnn2cc1Nc1ncc2c(n1)N([C@@H]1CCOC3(CC3)C1)C(O)N2C. The minimum atomic E-state index is -0.753. The molecule has 3 aromatic rings. The van der Waals surface area contributed by atoms with Crippen molar-refractivity contribution in [1.29, 1.82) is 0 Å². The summed E-state index contributed by atoms with van der Waals surface area (Å²) in [5, 5.41) is 18.4. The highest BCUT2D eigenvalue weighted by Crippen LogP contribution is 2.49. The summed E-state index contributed by atoms with van der Waals surface area (Å²) in [5.41, 5.74) is 3.51. The van der Waals surface area contributed by atoms with Gasteiger partial charge in [0.2, 0.25) is 12.3 Å². The second-order valence-corrected chi connectivity index (χ2v) is 8.50. The smallest absolute Gasteiger partial charge is 0.229 e. The number of hydrogen-bond acceptors (Lipinski definition) is 9. The number of aliphatic hydroxyl groups excluding tert-OH is 1. The first-order valence-electron chi connectivity index (χ1n) is 10.3. The van der Waals surface area contributed by atoms with Gasteiger partial charge in [-0.05, 0) is 44.2 Å². The molecule has 2 aliphatic heterocycles. The summed E-state index contributed by atoms with van der Waals surface area (Å²) in [4.78, 5) is 17.3. The number of ether oxygens (including phenoxy) is 1. The van der Waals surface area contributed by atoms with E-state index >= 15 is 0 Å². The highest BCUT2D eigenvalue weighted by Gasteiger charge is 2.51. The fourth-order valence-electron chi connectivity index (χ4n) is 4.58. The first-order valence-corrected chi connectivity index (χ1v) is 10.3. The van der Waals surface area contributed by atoms with Crippen molar-refractivity contribution < 1.29 is 9.84 Å². The van der Waals surface area contributed by atoms with Gasteiger partial charge < -0.3 is 25.0 Å². The van der Waals surface area contributed by atoms with Crippen LogP contribution in [-0.4, -0.2) is 61.3 Å². The molecule has 0 bridgehead atoms. The van der Waals surface area contributed by atoms with Gasteiger partial charge in [0.25, 0.3) is 0 Å². The van der Waals surface area contributed by atoms with Gasteiger partial charge in [-0.1, -0.05) is 0 Å². The van der Waals surface area contributed by atoms with Crippen molar-refractivity contribution in [2.45, 2.75) is 50.6 Å². The molecular formula is C20H24N8O2. The maximum Gasteiger partial charge on any atom is 0.229 e. The van der Waals surface area contributed by atoms with Crippen LogP contribution in [-0.2, 0) is 4.74 Å². The zero-order valence-corrected chi connectivity index (χ0v) is 17.0. The average molecular weight is 408 g/mol. The van der Waals surface area contributed by atoms with Crippen LogP contribution in [0.4, 0.5) is 23.1 Å². The third kappa shape index (κ3) is 2.71. The van der Waals surface area contributed by atoms with Gasteiger partial charge in [0, 0.05) is 19.7 Å². The van der Waals surface area contributed by atoms with E-state index in [-0.39, 0.29) is 11.6 Å². The number of nitrogens with one attached hydrogen (secondary N) is 1. The van der Waals surface area contributed by atoms with Crippen LogP contribution in [0.25, 0.3) is 5.65 Å². The van der Waals surface area contributed by atoms with Crippen molar-refractivity contribution in [2.24, 2.45) is 0 Å². The van der Waals surface area contributed by atoms with Gasteiger partial charge in [-0.3, -0.25) is 0 Å². The van der Waals surface area contributed by atoms with Crippen molar-refractivity contribution in [2.75, 3.05) is 28.8 Å². The Morgan fingerprint density at radius 2 is 2.17 bits per heavy atom. The van der Waals surface area contributed by atoms with Crippen molar-refractivity contribution >= 4 is 28.8 Å². The molecule has 10 nitrogen and oxygen atoms in total. The van der Waals surface area contributed by atoms with Crippen LogP contribution in [0.3, 0.4) is 0 Å². The van der Waals surface area contributed by atoms with Crippen molar-refractivity contribution in [3.63, 3.8) is 0 Å². The topological polar surface area (TPSA) is 104 Å². The van der Waals surface area contributed by atoms with E-state index in [1.807, 2.05) is 36.0 Å². The fourth-order valence-corrected chi connectivity index (χ4v) is 4.58. The summed E-state index contributed by atoms with van der Waals surface area (Å²) in [7, 11) is 1.87. The quantitative estimate of drug-likeness (QED) is 0.671. The van der Waals surface area contributed by atoms with Crippen molar-refractivity contribution in [1.82, 2.24) is 24.6 Å². The summed E-state index contributed by atoms with van der Waals surface area (Å²) < 4.78 is 7.69. The Bertz CT molecular complexity index is 1130. The highest BCUT2D eigenvalue weighted by atomic mass is 16.5. The minimum absolute atomic E-state index is 0.0163. The van der Waals surface area contributed by atoms with Crippen LogP contribution >= 0.6 is 0 Å². The van der Waals surface area contributed by atoms with Gasteiger partial charge in [0.15, 0.2) is 11.5 Å². The predicted octanol–water partition coefficient (Wildman–Crippen LogP) is 1.82. The maximum atomic E-state index is 10.9. The second kappa shape index (κ2) is 6.26. The van der Waals surface area contributed by atoms with Crippen LogP contribution in [0, 0.1) is 6.92 Å². The van der Waals surface area contributed by atoms with Gasteiger partial charge in [0.1, 0.15) is 12.0 Å². The molecule has 156 valence electrons. The molecule has 0 aromatic carbocycles. The van der Waals surface area contributed by atoms with E-state index in [0.717, 1.165) is 60.7 Å². The molecule has 1 saturated carbocycles. The molecule has 0 radical (unpaired) electrons. The Balaban J connectivity index is 1.34. The molecule has 1 spiro atoms. The highest BCUT2D eigenvalue weighted by molar-refractivity contribution is 5.74. The molecule has 3 aromatic heterocycles. The molecule has 2 atom stereocenters. The number of aliphatic hydroxyl groups is 1. The molecule has 3 aliphatic rings. The van der Waals surface area contributed by atoms with Crippen molar-refractivity contribution in [3.05, 3.63) is 30.4 Å². The number of aryl methyl sites for hydroxylation is 1. The van der Waals surface area contributed by atoms with E-state index in [1.54, 1.807) is 10.7 Å². The first-order chi connectivity index (χ1) is 14.5. The number of rotatable bonds is 3. The van der Waals surface area contributed by atoms with E-state index in [9.17, 15) is 5.11 Å². The molecule has 10 heteroatoms. The summed E-state index contributed by atoms with van der Waals surface area (Å²) in [6, 6.07) is 2.15. The molecule has 1 aliphatic carbocycles. The van der Waals surface area contributed by atoms with Gasteiger partial charge in [0.05, 0.1) is 23.7 Å². The van der Waals surface area contributed by atoms with Crippen molar-refractivity contribution in [3.8, 4) is 0 Å². The van der Waals surface area contributed by atoms with Gasteiger partial charge >= 0.3 is 0 Å². The number of hydrogen-bond donors (Lipinski definition) is 2. The van der Waals surface area contributed by atoms with Gasteiger partial charge in [-0.2, -0.15) is 10.1 Å². The number of fused-ring (bicyclic) bond motifs is 2. The Morgan fingerprint density at radius 3 is 3.00 bits per heavy atom. The monoisotopic (exact) mass is 408 g/mol. The predicted molar refractivity (Wildman–Crippen MR) is 111 cm³/mol. The lowest BCUT2D eigenvalue weighted by molar-refractivity contribution is -0.0184. The van der Waals surface area contributed by atoms with E-state index in [4.69, 9.17) is 9.72 Å². The molecule has 30 heavy (non-hydrogen) atoms. The van der Waals surface area contributed by atoms with E-state index in [1.165, 1.54) is 6.33 Å². The number of nitrogens with zero attached hydrogens (tertiary/aromatic N) is 7. The third-order valence-electron chi connectivity index (χ3n) is 6.51. The molecule has 0 amide bonds. The Kier molecular flexibility index (Phi) is 3.72. The number of aromatic nitrogens is 5. The third-order valence-corrected chi connectivity index (χ3v) is 6.51. The summed E-state index contributed by atoms with van der Waals surface area (Å²) in [5.74, 6) is 1.24. The molecule has 1 saturated heterocycles. The van der Waals surface area contributed by atoms with E-state index < -0.39 is 6.35 Å². The van der Waals surface area contributed by atoms with Gasteiger partial charge in [-0.15, -0.1) is 0 Å². The largest absolute Gasteiger partial charge is 0.375 e. The molecule has 1 unspecified atom stereocenters. The summed E-state index contributed by atoms with van der Waals surface area (Å²) in [6.07, 6.45) is 8.43. The zero-order valence-electron chi connectivity index (χ0n) is 17.0. The molecule has 2 N–H and O–H groups in total. The molecular weight excluding hydrogens is 384 g/mol. The second-order valence-electron chi connectivity index (χ2n) is 8.50. The normalized spacial score (nSPS) is 24.5. The fraction of sp³-hybridized carbons (Fsp3) is 0.500. The Hall–Kier alpha value is -2.98. The minimum Gasteiger partial charge on any atom is -0.375 e.